The molecule has 0 saturated heterocycles. The molecule has 0 aliphatic heterocycles. The fraction of sp³-hybridized carbons (Fsp3) is 0.364. The summed E-state index contributed by atoms with van der Waals surface area (Å²) in [7, 11) is 2.75. The largest absolute Gasteiger partial charge is 0.496 e. The first-order chi connectivity index (χ1) is 7.65. The molecule has 2 N–H and O–H groups in total. The van der Waals surface area contributed by atoms with Crippen molar-refractivity contribution in [1.82, 2.24) is 0 Å². The van der Waals surface area contributed by atoms with Crippen LogP contribution < -0.4 is 15.2 Å². The van der Waals surface area contributed by atoms with Gasteiger partial charge in [-0.05, 0) is 19.1 Å². The Morgan fingerprint density at radius 1 is 1.31 bits per heavy atom. The Morgan fingerprint density at radius 2 is 1.94 bits per heavy atom. The molecule has 0 heterocycles. The van der Waals surface area contributed by atoms with Crippen molar-refractivity contribution in [2.24, 2.45) is 0 Å². The maximum Gasteiger partial charge on any atom is 0.343 e. The van der Waals surface area contributed by atoms with Crippen LogP contribution in [0.25, 0.3) is 0 Å². The number of esters is 1. The smallest absolute Gasteiger partial charge is 0.343 e. The summed E-state index contributed by atoms with van der Waals surface area (Å²) < 4.78 is 15.0. The van der Waals surface area contributed by atoms with Crippen molar-refractivity contribution in [2.45, 2.75) is 6.92 Å². The second-order valence-corrected chi connectivity index (χ2v) is 2.98. The average molecular weight is 225 g/mol. The highest BCUT2D eigenvalue weighted by Crippen LogP contribution is 2.33. The van der Waals surface area contributed by atoms with Crippen LogP contribution in [0.4, 0.5) is 5.69 Å². The molecule has 1 rings (SSSR count). The Morgan fingerprint density at radius 3 is 2.44 bits per heavy atom. The average Bonchev–Trinajstić information content (AvgIpc) is 2.30. The third-order valence-electron chi connectivity index (χ3n) is 2.08. The first-order valence-corrected chi connectivity index (χ1v) is 4.83. The van der Waals surface area contributed by atoms with Crippen molar-refractivity contribution in [3.63, 3.8) is 0 Å². The van der Waals surface area contributed by atoms with Crippen molar-refractivity contribution >= 4 is 11.7 Å². The van der Waals surface area contributed by atoms with Gasteiger partial charge in [-0.2, -0.15) is 0 Å². The maximum atomic E-state index is 11.5. The first kappa shape index (κ1) is 12.2. The van der Waals surface area contributed by atoms with E-state index in [-0.39, 0.29) is 11.3 Å². The van der Waals surface area contributed by atoms with Gasteiger partial charge in [0.25, 0.3) is 0 Å². The summed E-state index contributed by atoms with van der Waals surface area (Å²) in [5.74, 6) is 0.271. The van der Waals surface area contributed by atoms with Gasteiger partial charge in [0.15, 0.2) is 0 Å². The Bertz CT molecular complexity index is 390. The van der Waals surface area contributed by atoms with Crippen LogP contribution >= 0.6 is 0 Å². The molecule has 88 valence electrons. The molecule has 0 fully saturated rings. The standard InChI is InChI=1S/C11H15NO4/c1-4-16-8-6-5-7(14-2)9(10(8)12)11(13)15-3/h5-6H,4,12H2,1-3H3. The topological polar surface area (TPSA) is 70.8 Å². The van der Waals surface area contributed by atoms with Gasteiger partial charge in [-0.25, -0.2) is 4.79 Å². The Hall–Kier alpha value is -1.91. The maximum absolute atomic E-state index is 11.5. The van der Waals surface area contributed by atoms with Crippen LogP contribution in [0.15, 0.2) is 12.1 Å². The monoisotopic (exact) mass is 225 g/mol. The summed E-state index contributed by atoms with van der Waals surface area (Å²) in [5, 5.41) is 0. The molecule has 1 aromatic rings. The molecule has 0 aliphatic rings. The van der Waals surface area contributed by atoms with E-state index in [1.807, 2.05) is 6.92 Å². The molecule has 0 bridgehead atoms. The predicted molar refractivity (Wildman–Crippen MR) is 59.9 cm³/mol. The highest BCUT2D eigenvalue weighted by atomic mass is 16.5. The van der Waals surface area contributed by atoms with Gasteiger partial charge in [0.2, 0.25) is 0 Å². The lowest BCUT2D eigenvalue weighted by atomic mass is 10.1. The van der Waals surface area contributed by atoms with Crippen molar-refractivity contribution in [1.29, 1.82) is 0 Å². The van der Waals surface area contributed by atoms with E-state index in [1.54, 1.807) is 12.1 Å². The van der Waals surface area contributed by atoms with E-state index in [1.165, 1.54) is 14.2 Å². The molecule has 5 nitrogen and oxygen atoms in total. The van der Waals surface area contributed by atoms with E-state index in [4.69, 9.17) is 15.2 Å². The second kappa shape index (κ2) is 5.25. The molecular weight excluding hydrogens is 210 g/mol. The van der Waals surface area contributed by atoms with Crippen LogP contribution in [0.3, 0.4) is 0 Å². The summed E-state index contributed by atoms with van der Waals surface area (Å²) in [6.45, 7) is 2.30. The van der Waals surface area contributed by atoms with Crippen LogP contribution in [-0.2, 0) is 4.74 Å². The first-order valence-electron chi connectivity index (χ1n) is 4.83. The van der Waals surface area contributed by atoms with Crippen LogP contribution in [-0.4, -0.2) is 26.8 Å². The molecule has 0 atom stereocenters. The number of hydrogen-bond acceptors (Lipinski definition) is 5. The Labute approximate surface area is 94.1 Å². The lowest BCUT2D eigenvalue weighted by molar-refractivity contribution is 0.0598. The van der Waals surface area contributed by atoms with Crippen molar-refractivity contribution in [3.8, 4) is 11.5 Å². The number of anilines is 1. The van der Waals surface area contributed by atoms with Gasteiger partial charge in [-0.1, -0.05) is 0 Å². The number of nitrogen functional groups attached to an aromatic ring is 1. The van der Waals surface area contributed by atoms with E-state index in [9.17, 15) is 4.79 Å². The molecule has 0 saturated carbocycles. The van der Waals surface area contributed by atoms with Crippen LogP contribution in [0.5, 0.6) is 11.5 Å². The summed E-state index contributed by atoms with van der Waals surface area (Å²) in [6, 6.07) is 3.28. The molecule has 16 heavy (non-hydrogen) atoms. The van der Waals surface area contributed by atoms with Crippen molar-refractivity contribution < 1.29 is 19.0 Å². The molecule has 0 radical (unpaired) electrons. The number of carbonyl (C=O) groups is 1. The third kappa shape index (κ3) is 2.18. The summed E-state index contributed by atoms with van der Waals surface area (Å²) >= 11 is 0. The summed E-state index contributed by atoms with van der Waals surface area (Å²) in [5.41, 5.74) is 6.24. The number of rotatable bonds is 4. The van der Waals surface area contributed by atoms with Crippen molar-refractivity contribution in [2.75, 3.05) is 26.6 Å². The normalized spacial score (nSPS) is 9.69. The van der Waals surface area contributed by atoms with E-state index in [0.29, 0.717) is 18.1 Å². The minimum atomic E-state index is -0.545. The van der Waals surface area contributed by atoms with Crippen LogP contribution in [0.1, 0.15) is 17.3 Å². The fourth-order valence-electron chi connectivity index (χ4n) is 1.34. The minimum Gasteiger partial charge on any atom is -0.496 e. The van der Waals surface area contributed by atoms with Gasteiger partial charge in [0, 0.05) is 0 Å². The van der Waals surface area contributed by atoms with Gasteiger partial charge in [-0.15, -0.1) is 0 Å². The number of benzene rings is 1. The quantitative estimate of drug-likeness (QED) is 0.620. The Balaban J connectivity index is 3.28. The van der Waals surface area contributed by atoms with Crippen molar-refractivity contribution in [3.05, 3.63) is 17.7 Å². The third-order valence-corrected chi connectivity index (χ3v) is 2.08. The highest BCUT2D eigenvalue weighted by Gasteiger charge is 2.19. The van der Waals surface area contributed by atoms with Crippen LogP contribution in [0.2, 0.25) is 0 Å². The molecule has 0 unspecified atom stereocenters. The molecular formula is C11H15NO4. The van der Waals surface area contributed by atoms with Gasteiger partial charge >= 0.3 is 5.97 Å². The van der Waals surface area contributed by atoms with Gasteiger partial charge in [-0.3, -0.25) is 0 Å². The van der Waals surface area contributed by atoms with Crippen LogP contribution in [0, 0.1) is 0 Å². The zero-order valence-corrected chi connectivity index (χ0v) is 9.57. The fourth-order valence-corrected chi connectivity index (χ4v) is 1.34. The second-order valence-electron chi connectivity index (χ2n) is 2.98. The highest BCUT2D eigenvalue weighted by molar-refractivity contribution is 5.99. The number of nitrogens with two attached hydrogens (primary N) is 1. The SMILES string of the molecule is CCOc1ccc(OC)c(C(=O)OC)c1N. The molecule has 0 aromatic heterocycles. The molecule has 0 spiro atoms. The van der Waals surface area contributed by atoms with Gasteiger partial charge < -0.3 is 19.9 Å². The zero-order valence-electron chi connectivity index (χ0n) is 9.57. The number of ether oxygens (including phenoxy) is 3. The summed E-state index contributed by atoms with van der Waals surface area (Å²) in [6.07, 6.45) is 0. The van der Waals surface area contributed by atoms with E-state index in [0.717, 1.165) is 0 Å². The Kier molecular flexibility index (Phi) is 3.99. The molecule has 1 aromatic carbocycles. The molecule has 0 amide bonds. The lowest BCUT2D eigenvalue weighted by Gasteiger charge is -2.13. The zero-order chi connectivity index (χ0) is 12.1. The van der Waals surface area contributed by atoms with Gasteiger partial charge in [0.05, 0.1) is 26.5 Å². The number of methoxy groups -OCH3 is 2. The minimum absolute atomic E-state index is 0.191. The molecule has 5 heteroatoms. The molecule has 0 aliphatic carbocycles. The van der Waals surface area contributed by atoms with Gasteiger partial charge in [0.1, 0.15) is 17.1 Å². The van der Waals surface area contributed by atoms with E-state index in [2.05, 4.69) is 4.74 Å². The predicted octanol–water partition coefficient (Wildman–Crippen LogP) is 1.46. The number of carbonyl (C=O) groups excluding carboxylic acids is 1. The summed E-state index contributed by atoms with van der Waals surface area (Å²) in [4.78, 5) is 11.5. The lowest BCUT2D eigenvalue weighted by Crippen LogP contribution is -2.09. The van der Waals surface area contributed by atoms with E-state index >= 15 is 0 Å². The van der Waals surface area contributed by atoms with E-state index < -0.39 is 5.97 Å². The number of hydrogen-bond donors (Lipinski definition) is 1.